The van der Waals surface area contributed by atoms with Gasteiger partial charge in [-0.1, -0.05) is 13.8 Å². The van der Waals surface area contributed by atoms with Gasteiger partial charge in [0.2, 0.25) is 5.91 Å². The van der Waals surface area contributed by atoms with E-state index in [0.717, 1.165) is 0 Å². The smallest absolute Gasteiger partial charge is 0.274 e. The van der Waals surface area contributed by atoms with Crippen LogP contribution in [0.15, 0.2) is 23.1 Å². The lowest BCUT2D eigenvalue weighted by Gasteiger charge is -2.09. The first-order valence-corrected chi connectivity index (χ1v) is 5.41. The molecule has 1 N–H and O–H groups in total. The molecule has 0 spiro atoms. The molecule has 0 aliphatic heterocycles. The van der Waals surface area contributed by atoms with Crippen LogP contribution in [0.3, 0.4) is 0 Å². The number of anilines is 1. The van der Waals surface area contributed by atoms with Crippen LogP contribution in [0, 0.1) is 5.92 Å². The van der Waals surface area contributed by atoms with E-state index in [9.17, 15) is 14.4 Å². The van der Waals surface area contributed by atoms with E-state index in [-0.39, 0.29) is 35.4 Å². The molecule has 0 fully saturated rings. The number of Topliss-reactive ketones (excluding diaryl/α,β-unsaturated/α-hetero) is 1. The molecule has 5 nitrogen and oxygen atoms in total. The van der Waals surface area contributed by atoms with Gasteiger partial charge in [0.05, 0.1) is 6.54 Å². The van der Waals surface area contributed by atoms with Gasteiger partial charge in [-0.25, -0.2) is 0 Å². The third-order valence-electron chi connectivity index (χ3n) is 2.20. The molecule has 0 aliphatic rings. The maximum atomic E-state index is 11.9. The fourth-order valence-electron chi connectivity index (χ4n) is 1.27. The number of hydrogen-bond acceptors (Lipinski definition) is 3. The van der Waals surface area contributed by atoms with Crippen molar-refractivity contribution in [2.24, 2.45) is 5.92 Å². The van der Waals surface area contributed by atoms with Crippen LogP contribution in [0.1, 0.15) is 20.8 Å². The highest BCUT2D eigenvalue weighted by Crippen LogP contribution is 2.02. The zero-order chi connectivity index (χ0) is 13.0. The Morgan fingerprint density at radius 3 is 2.59 bits per heavy atom. The second kappa shape index (κ2) is 5.43. The largest absolute Gasteiger partial charge is 0.321 e. The summed E-state index contributed by atoms with van der Waals surface area (Å²) in [5.41, 5.74) is -0.163. The van der Waals surface area contributed by atoms with Crippen molar-refractivity contribution >= 4 is 17.4 Å². The van der Waals surface area contributed by atoms with Gasteiger partial charge in [-0.2, -0.15) is 0 Å². The summed E-state index contributed by atoms with van der Waals surface area (Å²) < 4.78 is 1.28. The molecule has 0 aliphatic carbocycles. The van der Waals surface area contributed by atoms with Crippen LogP contribution in [0.4, 0.5) is 5.69 Å². The highest BCUT2D eigenvalue weighted by molar-refractivity contribution is 5.91. The van der Waals surface area contributed by atoms with Gasteiger partial charge in [0.1, 0.15) is 11.5 Å². The van der Waals surface area contributed by atoms with E-state index in [1.807, 2.05) is 0 Å². The molecule has 17 heavy (non-hydrogen) atoms. The summed E-state index contributed by atoms with van der Waals surface area (Å²) in [6.45, 7) is 4.91. The molecule has 92 valence electrons. The zero-order valence-corrected chi connectivity index (χ0v) is 10.2. The first-order chi connectivity index (χ1) is 7.91. The Labute approximate surface area is 99.5 Å². The van der Waals surface area contributed by atoms with Crippen LogP contribution in [-0.4, -0.2) is 16.3 Å². The lowest BCUT2D eigenvalue weighted by molar-refractivity contribution is -0.119. The van der Waals surface area contributed by atoms with Crippen LogP contribution in [0.25, 0.3) is 0 Å². The fraction of sp³-hybridized carbons (Fsp3) is 0.417. The minimum absolute atomic E-state index is 0.0181. The predicted octanol–water partition coefficient (Wildman–Crippen LogP) is 1.03. The molecule has 1 aromatic rings. The molecular weight excluding hydrogens is 220 g/mol. The van der Waals surface area contributed by atoms with Crippen LogP contribution in [0.5, 0.6) is 0 Å². The van der Waals surface area contributed by atoms with E-state index in [2.05, 4.69) is 5.32 Å². The summed E-state index contributed by atoms with van der Waals surface area (Å²) >= 11 is 0. The molecule has 0 bridgehead atoms. The normalized spacial score (nSPS) is 10.4. The topological polar surface area (TPSA) is 68.2 Å². The molecule has 0 atom stereocenters. The minimum atomic E-state index is -0.364. The Balaban J connectivity index is 2.99. The average Bonchev–Trinajstić information content (AvgIpc) is 2.23. The van der Waals surface area contributed by atoms with E-state index < -0.39 is 0 Å². The maximum Gasteiger partial charge on any atom is 0.274 e. The number of hydrogen-bond donors (Lipinski definition) is 1. The summed E-state index contributed by atoms with van der Waals surface area (Å²) in [5.74, 6) is -0.530. The predicted molar refractivity (Wildman–Crippen MR) is 64.9 cm³/mol. The second-order valence-corrected chi connectivity index (χ2v) is 4.20. The van der Waals surface area contributed by atoms with Gasteiger partial charge in [0, 0.05) is 12.1 Å². The summed E-state index contributed by atoms with van der Waals surface area (Å²) in [7, 11) is 0. The molecule has 0 aromatic carbocycles. The van der Waals surface area contributed by atoms with Gasteiger partial charge in [0.25, 0.3) is 5.56 Å². The summed E-state index contributed by atoms with van der Waals surface area (Å²) in [4.78, 5) is 34.3. The average molecular weight is 236 g/mol. The summed E-state index contributed by atoms with van der Waals surface area (Å²) in [5, 5.41) is 2.54. The maximum absolute atomic E-state index is 11.9. The minimum Gasteiger partial charge on any atom is -0.321 e. The van der Waals surface area contributed by atoms with Crippen molar-refractivity contribution in [2.45, 2.75) is 27.3 Å². The van der Waals surface area contributed by atoms with Crippen molar-refractivity contribution in [1.82, 2.24) is 4.57 Å². The number of ketones is 1. The van der Waals surface area contributed by atoms with Crippen LogP contribution in [-0.2, 0) is 16.1 Å². The summed E-state index contributed by atoms with van der Waals surface area (Å²) in [6, 6.07) is 3.15. The first kappa shape index (κ1) is 13.2. The number of nitrogens with one attached hydrogen (secondary N) is 1. The molecule has 0 saturated carbocycles. The highest BCUT2D eigenvalue weighted by atomic mass is 16.2. The lowest BCUT2D eigenvalue weighted by atomic mass is 10.2. The second-order valence-electron chi connectivity index (χ2n) is 4.20. The van der Waals surface area contributed by atoms with E-state index in [4.69, 9.17) is 0 Å². The van der Waals surface area contributed by atoms with Crippen molar-refractivity contribution in [2.75, 3.05) is 5.32 Å². The Morgan fingerprint density at radius 2 is 2.06 bits per heavy atom. The molecule has 5 heteroatoms. The van der Waals surface area contributed by atoms with Crippen molar-refractivity contribution in [3.63, 3.8) is 0 Å². The van der Waals surface area contributed by atoms with Gasteiger partial charge in [-0.3, -0.25) is 14.4 Å². The number of rotatable bonds is 4. The molecule has 1 heterocycles. The quantitative estimate of drug-likeness (QED) is 0.849. The van der Waals surface area contributed by atoms with Crippen molar-refractivity contribution < 1.29 is 9.59 Å². The van der Waals surface area contributed by atoms with E-state index in [0.29, 0.717) is 0 Å². The number of carbonyl (C=O) groups excluding carboxylic acids is 2. The number of aromatic nitrogens is 1. The third kappa shape index (κ3) is 3.55. The van der Waals surface area contributed by atoms with E-state index in [1.54, 1.807) is 19.9 Å². The monoisotopic (exact) mass is 236 g/mol. The van der Waals surface area contributed by atoms with Gasteiger partial charge in [-0.05, 0) is 19.1 Å². The highest BCUT2D eigenvalue weighted by Gasteiger charge is 2.10. The van der Waals surface area contributed by atoms with Gasteiger partial charge in [-0.15, -0.1) is 0 Å². The molecule has 0 saturated heterocycles. The SMILES string of the molecule is CC(=O)Cn1cccc(NC(=O)C(C)C)c1=O. The fourth-order valence-corrected chi connectivity index (χ4v) is 1.27. The molecule has 0 radical (unpaired) electrons. The van der Waals surface area contributed by atoms with Gasteiger partial charge >= 0.3 is 0 Å². The Hall–Kier alpha value is -1.91. The van der Waals surface area contributed by atoms with Crippen LogP contribution in [0.2, 0.25) is 0 Å². The lowest BCUT2D eigenvalue weighted by Crippen LogP contribution is -2.28. The number of amides is 1. The number of carbonyl (C=O) groups is 2. The zero-order valence-electron chi connectivity index (χ0n) is 10.2. The Bertz CT molecular complexity index is 489. The molecular formula is C12H16N2O3. The molecule has 1 amide bonds. The van der Waals surface area contributed by atoms with Crippen LogP contribution < -0.4 is 10.9 Å². The number of nitrogens with zero attached hydrogens (tertiary/aromatic N) is 1. The van der Waals surface area contributed by atoms with Crippen molar-refractivity contribution in [3.05, 3.63) is 28.7 Å². The van der Waals surface area contributed by atoms with Crippen LogP contribution >= 0.6 is 0 Å². The Morgan fingerprint density at radius 1 is 1.41 bits per heavy atom. The number of pyridine rings is 1. The van der Waals surface area contributed by atoms with E-state index >= 15 is 0 Å². The Kier molecular flexibility index (Phi) is 4.20. The molecule has 1 aromatic heterocycles. The molecule has 1 rings (SSSR count). The molecule has 0 unspecified atom stereocenters. The van der Waals surface area contributed by atoms with Gasteiger partial charge < -0.3 is 9.88 Å². The summed E-state index contributed by atoms with van der Waals surface area (Å²) in [6.07, 6.45) is 1.52. The van der Waals surface area contributed by atoms with E-state index in [1.165, 1.54) is 23.8 Å². The van der Waals surface area contributed by atoms with Gasteiger partial charge in [0.15, 0.2) is 0 Å². The standard InChI is InChI=1S/C12H16N2O3/c1-8(2)11(16)13-10-5-4-6-14(12(10)17)7-9(3)15/h4-6,8H,7H2,1-3H3,(H,13,16). The van der Waals surface area contributed by atoms with Crippen molar-refractivity contribution in [3.8, 4) is 0 Å². The first-order valence-electron chi connectivity index (χ1n) is 5.41. The third-order valence-corrected chi connectivity index (χ3v) is 2.20. The van der Waals surface area contributed by atoms with Crippen molar-refractivity contribution in [1.29, 1.82) is 0 Å².